The van der Waals surface area contributed by atoms with E-state index in [2.05, 4.69) is 5.32 Å². The van der Waals surface area contributed by atoms with Crippen LogP contribution in [0.3, 0.4) is 0 Å². The topological polar surface area (TPSA) is 92.8 Å². The average molecular weight is 445 g/mol. The molecule has 4 rings (SSSR count). The SMILES string of the molecule is CC1=C(C(=O)OCc2ccccc2)N2C(=O)C(NC(=O)Cc3cccs3)[C@H]2S(=O)C1. The van der Waals surface area contributed by atoms with Crippen molar-refractivity contribution in [1.82, 2.24) is 10.2 Å². The van der Waals surface area contributed by atoms with Crippen LogP contribution in [0, 0.1) is 0 Å². The fraction of sp³-hybridized carbons (Fsp3) is 0.286. The van der Waals surface area contributed by atoms with Gasteiger partial charge in [0.25, 0.3) is 5.91 Å². The summed E-state index contributed by atoms with van der Waals surface area (Å²) in [6.45, 7) is 1.75. The number of benzene rings is 1. The van der Waals surface area contributed by atoms with Crippen LogP contribution in [0.15, 0.2) is 59.1 Å². The number of hydrogen-bond acceptors (Lipinski definition) is 6. The van der Waals surface area contributed by atoms with Crippen molar-refractivity contribution in [2.75, 3.05) is 5.75 Å². The van der Waals surface area contributed by atoms with Crippen molar-refractivity contribution < 1.29 is 23.3 Å². The van der Waals surface area contributed by atoms with E-state index in [1.165, 1.54) is 16.2 Å². The van der Waals surface area contributed by atoms with Crippen LogP contribution in [0.4, 0.5) is 0 Å². The molecule has 1 aromatic heterocycles. The van der Waals surface area contributed by atoms with Crippen molar-refractivity contribution in [2.24, 2.45) is 0 Å². The van der Waals surface area contributed by atoms with Gasteiger partial charge in [0.05, 0.1) is 17.2 Å². The molecule has 1 N–H and O–H groups in total. The summed E-state index contributed by atoms with van der Waals surface area (Å²) < 4.78 is 18.0. The molecule has 2 aromatic rings. The maximum Gasteiger partial charge on any atom is 0.355 e. The van der Waals surface area contributed by atoms with Crippen LogP contribution in [0.1, 0.15) is 17.4 Å². The summed E-state index contributed by atoms with van der Waals surface area (Å²) in [5, 5.41) is 3.79. The highest BCUT2D eigenvalue weighted by Gasteiger charge is 2.56. The first kappa shape index (κ1) is 20.5. The lowest BCUT2D eigenvalue weighted by molar-refractivity contribution is -0.153. The predicted molar refractivity (Wildman–Crippen MR) is 113 cm³/mol. The molecule has 2 aliphatic heterocycles. The summed E-state index contributed by atoms with van der Waals surface area (Å²) in [7, 11) is -1.41. The standard InChI is InChI=1S/C21H20N2O5S2/c1-13-12-30(27)20-17(22-16(24)10-15-8-5-9-29-15)19(25)23(20)18(13)21(26)28-11-14-6-3-2-4-7-14/h2-9,17,20H,10-12H2,1H3,(H,22,24)/t17?,20-,30?/m1/s1. The van der Waals surface area contributed by atoms with Gasteiger partial charge in [-0.1, -0.05) is 36.4 Å². The third-order valence-corrected chi connectivity index (χ3v) is 7.57. The van der Waals surface area contributed by atoms with Gasteiger partial charge in [-0.15, -0.1) is 11.3 Å². The molecule has 0 spiro atoms. The molecule has 0 bridgehead atoms. The average Bonchev–Trinajstić information content (AvgIpc) is 3.23. The fourth-order valence-electron chi connectivity index (χ4n) is 3.54. The lowest BCUT2D eigenvalue weighted by Gasteiger charge is -2.49. The lowest BCUT2D eigenvalue weighted by atomic mass is 10.0. The first-order valence-electron chi connectivity index (χ1n) is 9.38. The molecule has 1 fully saturated rings. The summed E-state index contributed by atoms with van der Waals surface area (Å²) in [6, 6.07) is 12.0. The molecular formula is C21H20N2O5S2. The number of carbonyl (C=O) groups excluding carboxylic acids is 3. The first-order chi connectivity index (χ1) is 14.5. The van der Waals surface area contributed by atoms with Gasteiger partial charge >= 0.3 is 5.97 Å². The van der Waals surface area contributed by atoms with E-state index in [1.807, 2.05) is 47.8 Å². The molecule has 0 radical (unpaired) electrons. The smallest absolute Gasteiger partial charge is 0.355 e. The molecule has 0 saturated carbocycles. The number of thiophene rings is 1. The van der Waals surface area contributed by atoms with Crippen molar-refractivity contribution in [3.8, 4) is 0 Å². The Morgan fingerprint density at radius 2 is 2.00 bits per heavy atom. The summed E-state index contributed by atoms with van der Waals surface area (Å²) >= 11 is 1.45. The summed E-state index contributed by atoms with van der Waals surface area (Å²) in [5.74, 6) is -1.23. The number of ether oxygens (including phenoxy) is 1. The van der Waals surface area contributed by atoms with Crippen LogP contribution in [-0.2, 0) is 42.9 Å². The third-order valence-electron chi connectivity index (χ3n) is 4.95. The molecule has 30 heavy (non-hydrogen) atoms. The molecule has 2 amide bonds. The highest BCUT2D eigenvalue weighted by Crippen LogP contribution is 2.35. The lowest BCUT2D eigenvalue weighted by Crippen LogP contribution is -2.73. The number of nitrogens with zero attached hydrogens (tertiary/aromatic N) is 1. The van der Waals surface area contributed by atoms with Crippen molar-refractivity contribution >= 4 is 39.9 Å². The number of carbonyl (C=O) groups is 3. The van der Waals surface area contributed by atoms with E-state index < -0.39 is 34.1 Å². The molecule has 3 heterocycles. The molecule has 7 nitrogen and oxygen atoms in total. The summed E-state index contributed by atoms with van der Waals surface area (Å²) in [4.78, 5) is 39.9. The normalized spacial score (nSPS) is 22.9. The molecule has 1 aromatic carbocycles. The van der Waals surface area contributed by atoms with Crippen molar-refractivity contribution in [1.29, 1.82) is 0 Å². The Hall–Kier alpha value is -2.78. The van der Waals surface area contributed by atoms with Gasteiger partial charge in [-0.25, -0.2) is 4.79 Å². The van der Waals surface area contributed by atoms with Crippen LogP contribution in [0.5, 0.6) is 0 Å². The number of β-lactam (4-membered cyclic amide) rings is 1. The van der Waals surface area contributed by atoms with E-state index >= 15 is 0 Å². The van der Waals surface area contributed by atoms with Gasteiger partial charge in [-0.05, 0) is 29.5 Å². The van der Waals surface area contributed by atoms with Crippen LogP contribution >= 0.6 is 11.3 Å². The number of nitrogens with one attached hydrogen (secondary N) is 1. The van der Waals surface area contributed by atoms with Gasteiger partial charge in [0.15, 0.2) is 0 Å². The number of esters is 1. The zero-order valence-corrected chi connectivity index (χ0v) is 17.8. The van der Waals surface area contributed by atoms with E-state index in [1.54, 1.807) is 6.92 Å². The largest absolute Gasteiger partial charge is 0.456 e. The molecular weight excluding hydrogens is 424 g/mol. The van der Waals surface area contributed by atoms with Crippen LogP contribution in [-0.4, -0.2) is 44.1 Å². The minimum absolute atomic E-state index is 0.0766. The molecule has 9 heteroatoms. The molecule has 156 valence electrons. The molecule has 2 unspecified atom stereocenters. The summed E-state index contributed by atoms with van der Waals surface area (Å²) in [6.07, 6.45) is 0.154. The molecule has 3 atom stereocenters. The Morgan fingerprint density at radius 3 is 2.70 bits per heavy atom. The second-order valence-corrected chi connectivity index (χ2v) is 9.68. The Morgan fingerprint density at radius 1 is 1.23 bits per heavy atom. The van der Waals surface area contributed by atoms with Crippen molar-refractivity contribution in [2.45, 2.75) is 31.4 Å². The molecule has 0 aliphatic carbocycles. The predicted octanol–water partition coefficient (Wildman–Crippen LogP) is 1.72. The molecule has 2 aliphatic rings. The zero-order chi connectivity index (χ0) is 21.3. The van der Waals surface area contributed by atoms with Crippen LogP contribution in [0.25, 0.3) is 0 Å². The Labute approximate surface area is 180 Å². The fourth-order valence-corrected chi connectivity index (χ4v) is 5.91. The zero-order valence-electron chi connectivity index (χ0n) is 16.2. The number of hydrogen-bond donors (Lipinski definition) is 1. The second kappa shape index (κ2) is 8.53. The highest BCUT2D eigenvalue weighted by molar-refractivity contribution is 7.86. The van der Waals surface area contributed by atoms with Gasteiger partial charge in [-0.2, -0.15) is 0 Å². The van der Waals surface area contributed by atoms with E-state index in [-0.39, 0.29) is 30.4 Å². The maximum absolute atomic E-state index is 12.8. The van der Waals surface area contributed by atoms with Crippen molar-refractivity contribution in [3.63, 3.8) is 0 Å². The summed E-state index contributed by atoms with van der Waals surface area (Å²) in [5.41, 5.74) is 1.50. The second-order valence-electron chi connectivity index (χ2n) is 7.12. The van der Waals surface area contributed by atoms with Crippen LogP contribution in [0.2, 0.25) is 0 Å². The highest BCUT2D eigenvalue weighted by atomic mass is 32.2. The van der Waals surface area contributed by atoms with Gasteiger partial charge in [0, 0.05) is 10.6 Å². The van der Waals surface area contributed by atoms with Crippen LogP contribution < -0.4 is 5.32 Å². The third kappa shape index (κ3) is 3.95. The number of rotatable bonds is 6. The minimum Gasteiger partial charge on any atom is -0.456 e. The van der Waals surface area contributed by atoms with E-state index in [4.69, 9.17) is 4.74 Å². The van der Waals surface area contributed by atoms with Gasteiger partial charge in [-0.3, -0.25) is 18.7 Å². The Kier molecular flexibility index (Phi) is 5.83. The van der Waals surface area contributed by atoms with E-state index in [0.29, 0.717) is 5.57 Å². The first-order valence-corrected chi connectivity index (χ1v) is 11.6. The number of fused-ring (bicyclic) bond motifs is 1. The van der Waals surface area contributed by atoms with E-state index in [0.717, 1.165) is 10.4 Å². The number of amides is 2. The maximum atomic E-state index is 12.8. The van der Waals surface area contributed by atoms with E-state index in [9.17, 15) is 18.6 Å². The van der Waals surface area contributed by atoms with Crippen molar-refractivity contribution in [3.05, 3.63) is 69.6 Å². The van der Waals surface area contributed by atoms with Gasteiger partial charge in [0.2, 0.25) is 5.91 Å². The minimum atomic E-state index is -1.41. The Balaban J connectivity index is 1.45. The quantitative estimate of drug-likeness (QED) is 0.541. The van der Waals surface area contributed by atoms with Gasteiger partial charge in [0.1, 0.15) is 23.7 Å². The van der Waals surface area contributed by atoms with Gasteiger partial charge < -0.3 is 10.1 Å². The monoisotopic (exact) mass is 444 g/mol. The molecule has 1 saturated heterocycles. The Bertz CT molecular complexity index is 1030.